The first-order chi connectivity index (χ1) is 5.06. The monoisotopic (exact) mass is 173 g/mol. The molecule has 0 bridgehead atoms. The maximum Gasteiger partial charge on any atom is 0.0188 e. The first-order valence-corrected chi connectivity index (χ1v) is 5.19. The zero-order valence-corrected chi connectivity index (χ0v) is 8.41. The Hall–Kier alpha value is 0.0500. The van der Waals surface area contributed by atoms with E-state index in [1.54, 1.807) is 0 Å². The maximum absolute atomic E-state index is 5.81. The quantitative estimate of drug-likeness (QED) is 0.493. The van der Waals surface area contributed by atoms with Gasteiger partial charge in [0.1, 0.15) is 0 Å². The molecule has 0 aliphatic carbocycles. The number of allylic oxidation sites excluding steroid dienone is 1. The zero-order valence-electron chi connectivity index (χ0n) is 7.60. The van der Waals surface area contributed by atoms with Gasteiger partial charge >= 0.3 is 0 Å². The van der Waals surface area contributed by atoms with E-state index in [1.807, 2.05) is 17.8 Å². The summed E-state index contributed by atoms with van der Waals surface area (Å²) < 4.78 is 0. The minimum Gasteiger partial charge on any atom is -0.325 e. The van der Waals surface area contributed by atoms with Crippen LogP contribution < -0.4 is 5.73 Å². The number of rotatable bonds is 6. The van der Waals surface area contributed by atoms with Gasteiger partial charge in [-0.2, -0.15) is 11.8 Å². The number of thioether (sulfide) groups is 1. The van der Waals surface area contributed by atoms with E-state index in [0.29, 0.717) is 0 Å². The third kappa shape index (κ3) is 10.1. The predicted molar refractivity (Wildman–Crippen MR) is 55.0 cm³/mol. The first-order valence-electron chi connectivity index (χ1n) is 4.04. The Kier molecular flexibility index (Phi) is 5.69. The Bertz CT molecular complexity index is 105. The Balaban J connectivity index is 3.08. The molecule has 0 spiro atoms. The molecule has 0 rings (SSSR count). The number of hydrogen-bond acceptors (Lipinski definition) is 2. The normalized spacial score (nSPS) is 11.5. The molecule has 0 heterocycles. The van der Waals surface area contributed by atoms with E-state index in [2.05, 4.69) is 20.4 Å². The van der Waals surface area contributed by atoms with Crippen molar-refractivity contribution in [3.05, 3.63) is 12.7 Å². The second-order valence-corrected chi connectivity index (χ2v) is 4.58. The van der Waals surface area contributed by atoms with Gasteiger partial charge in [-0.25, -0.2) is 0 Å². The van der Waals surface area contributed by atoms with Crippen molar-refractivity contribution in [2.24, 2.45) is 5.73 Å². The molecule has 0 unspecified atom stereocenters. The standard InChI is InChI=1S/C9H19NS/c1-4-5-6-7-11-8-9(2,3)10/h4H,1,5-8,10H2,2-3H3. The summed E-state index contributed by atoms with van der Waals surface area (Å²) in [6.45, 7) is 7.80. The fourth-order valence-electron chi connectivity index (χ4n) is 0.665. The third-order valence-corrected chi connectivity index (χ3v) is 2.70. The van der Waals surface area contributed by atoms with Crippen molar-refractivity contribution in [3.63, 3.8) is 0 Å². The largest absolute Gasteiger partial charge is 0.325 e. The van der Waals surface area contributed by atoms with Crippen LogP contribution in [0.4, 0.5) is 0 Å². The highest BCUT2D eigenvalue weighted by atomic mass is 32.2. The highest BCUT2D eigenvalue weighted by Gasteiger charge is 2.08. The molecule has 0 aromatic heterocycles. The summed E-state index contributed by atoms with van der Waals surface area (Å²) >= 11 is 1.93. The first kappa shape index (κ1) is 11.1. The average Bonchev–Trinajstić information content (AvgIpc) is 1.85. The highest BCUT2D eigenvalue weighted by molar-refractivity contribution is 7.99. The fourth-order valence-corrected chi connectivity index (χ4v) is 1.71. The summed E-state index contributed by atoms with van der Waals surface area (Å²) in [5.41, 5.74) is 5.79. The van der Waals surface area contributed by atoms with Gasteiger partial charge in [0, 0.05) is 11.3 Å². The lowest BCUT2D eigenvalue weighted by Gasteiger charge is -2.17. The van der Waals surface area contributed by atoms with Crippen molar-refractivity contribution in [3.8, 4) is 0 Å². The topological polar surface area (TPSA) is 26.0 Å². The summed E-state index contributed by atoms with van der Waals surface area (Å²) in [5.74, 6) is 2.25. The van der Waals surface area contributed by atoms with Crippen LogP contribution >= 0.6 is 11.8 Å². The summed E-state index contributed by atoms with van der Waals surface area (Å²) in [6, 6.07) is 0. The van der Waals surface area contributed by atoms with Crippen LogP contribution in [0, 0.1) is 0 Å². The molecule has 0 saturated heterocycles. The van der Waals surface area contributed by atoms with Crippen molar-refractivity contribution in [2.75, 3.05) is 11.5 Å². The van der Waals surface area contributed by atoms with E-state index in [9.17, 15) is 0 Å². The molecule has 0 fully saturated rings. The summed E-state index contributed by atoms with van der Waals surface area (Å²) in [7, 11) is 0. The van der Waals surface area contributed by atoms with Gasteiger partial charge in [-0.3, -0.25) is 0 Å². The minimum atomic E-state index is -0.0150. The molecule has 2 heteroatoms. The molecule has 2 N–H and O–H groups in total. The van der Waals surface area contributed by atoms with E-state index in [0.717, 1.165) is 12.2 Å². The lowest BCUT2D eigenvalue weighted by atomic mass is 10.1. The van der Waals surface area contributed by atoms with Gasteiger partial charge in [-0.05, 0) is 32.4 Å². The van der Waals surface area contributed by atoms with Gasteiger partial charge in [0.05, 0.1) is 0 Å². The SMILES string of the molecule is C=CCCCSCC(C)(C)N. The minimum absolute atomic E-state index is 0.0150. The summed E-state index contributed by atoms with van der Waals surface area (Å²) in [5, 5.41) is 0. The van der Waals surface area contributed by atoms with Gasteiger partial charge < -0.3 is 5.73 Å². The molecule has 0 amide bonds. The van der Waals surface area contributed by atoms with Crippen LogP contribution in [0.2, 0.25) is 0 Å². The van der Waals surface area contributed by atoms with E-state index in [-0.39, 0.29) is 5.54 Å². The van der Waals surface area contributed by atoms with Crippen molar-refractivity contribution in [1.82, 2.24) is 0 Å². The molecular formula is C9H19NS. The summed E-state index contributed by atoms with van der Waals surface area (Å²) in [6.07, 6.45) is 4.32. The van der Waals surface area contributed by atoms with Crippen LogP contribution in [0.5, 0.6) is 0 Å². The smallest absolute Gasteiger partial charge is 0.0188 e. The molecular weight excluding hydrogens is 154 g/mol. The number of unbranched alkanes of at least 4 members (excludes halogenated alkanes) is 1. The van der Waals surface area contributed by atoms with Crippen LogP contribution in [-0.4, -0.2) is 17.0 Å². The average molecular weight is 173 g/mol. The second-order valence-electron chi connectivity index (χ2n) is 3.47. The van der Waals surface area contributed by atoms with Crippen LogP contribution in [-0.2, 0) is 0 Å². The van der Waals surface area contributed by atoms with E-state index in [4.69, 9.17) is 5.73 Å². The van der Waals surface area contributed by atoms with Crippen molar-refractivity contribution in [1.29, 1.82) is 0 Å². The molecule has 11 heavy (non-hydrogen) atoms. The Morgan fingerprint density at radius 1 is 1.55 bits per heavy atom. The fraction of sp³-hybridized carbons (Fsp3) is 0.778. The van der Waals surface area contributed by atoms with E-state index < -0.39 is 0 Å². The predicted octanol–water partition coefficient (Wildman–Crippen LogP) is 2.42. The highest BCUT2D eigenvalue weighted by Crippen LogP contribution is 2.11. The zero-order chi connectivity index (χ0) is 8.74. The lowest BCUT2D eigenvalue weighted by molar-refractivity contribution is 0.591. The molecule has 0 saturated carbocycles. The Morgan fingerprint density at radius 2 is 2.18 bits per heavy atom. The van der Waals surface area contributed by atoms with Crippen molar-refractivity contribution in [2.45, 2.75) is 32.2 Å². The van der Waals surface area contributed by atoms with E-state index in [1.165, 1.54) is 12.2 Å². The summed E-state index contributed by atoms with van der Waals surface area (Å²) in [4.78, 5) is 0. The molecule has 66 valence electrons. The third-order valence-electron chi connectivity index (χ3n) is 1.17. The van der Waals surface area contributed by atoms with Gasteiger partial charge in [0.25, 0.3) is 0 Å². The van der Waals surface area contributed by atoms with Crippen LogP contribution in [0.25, 0.3) is 0 Å². The lowest BCUT2D eigenvalue weighted by Crippen LogP contribution is -2.34. The molecule has 0 aromatic rings. The number of hydrogen-bond donors (Lipinski definition) is 1. The maximum atomic E-state index is 5.81. The van der Waals surface area contributed by atoms with Gasteiger partial charge in [-0.15, -0.1) is 6.58 Å². The molecule has 0 aliphatic heterocycles. The molecule has 0 aromatic carbocycles. The molecule has 0 aliphatic rings. The molecule has 0 atom stereocenters. The molecule has 0 radical (unpaired) electrons. The Labute approximate surface area is 74.4 Å². The van der Waals surface area contributed by atoms with Crippen molar-refractivity contribution >= 4 is 11.8 Å². The Morgan fingerprint density at radius 3 is 2.64 bits per heavy atom. The van der Waals surface area contributed by atoms with Crippen LogP contribution in [0.1, 0.15) is 26.7 Å². The van der Waals surface area contributed by atoms with Crippen LogP contribution in [0.3, 0.4) is 0 Å². The number of nitrogens with two attached hydrogens (primary N) is 1. The van der Waals surface area contributed by atoms with Crippen molar-refractivity contribution < 1.29 is 0 Å². The van der Waals surface area contributed by atoms with Gasteiger partial charge in [0.15, 0.2) is 0 Å². The second kappa shape index (κ2) is 5.67. The van der Waals surface area contributed by atoms with Crippen LogP contribution in [0.15, 0.2) is 12.7 Å². The molecule has 1 nitrogen and oxygen atoms in total. The van der Waals surface area contributed by atoms with Gasteiger partial charge in [-0.1, -0.05) is 6.08 Å². The van der Waals surface area contributed by atoms with Gasteiger partial charge in [0.2, 0.25) is 0 Å². The van der Waals surface area contributed by atoms with E-state index >= 15 is 0 Å².